The summed E-state index contributed by atoms with van der Waals surface area (Å²) >= 11 is 0. The van der Waals surface area contributed by atoms with Gasteiger partial charge in [-0.2, -0.15) is 0 Å². The van der Waals surface area contributed by atoms with Crippen LogP contribution in [0.15, 0.2) is 41.0 Å². The van der Waals surface area contributed by atoms with E-state index in [0.29, 0.717) is 12.8 Å². The SMILES string of the molecule is Cc1ccc2cc3occ(C4CCC(=O)NC4=O)c3cc2c1. The van der Waals surface area contributed by atoms with Gasteiger partial charge in [-0.3, -0.25) is 14.9 Å². The molecule has 1 fully saturated rings. The zero-order valence-electron chi connectivity index (χ0n) is 12.2. The lowest BCUT2D eigenvalue weighted by atomic mass is 9.90. The number of furan rings is 1. The molecule has 4 heteroatoms. The summed E-state index contributed by atoms with van der Waals surface area (Å²) in [5, 5.41) is 5.60. The highest BCUT2D eigenvalue weighted by Gasteiger charge is 2.30. The molecule has 2 amide bonds. The Morgan fingerprint density at radius 3 is 2.82 bits per heavy atom. The number of amides is 2. The Labute approximate surface area is 127 Å². The van der Waals surface area contributed by atoms with E-state index < -0.39 is 0 Å². The van der Waals surface area contributed by atoms with Gasteiger partial charge in [0.15, 0.2) is 0 Å². The van der Waals surface area contributed by atoms with Crippen molar-refractivity contribution in [2.75, 3.05) is 0 Å². The third-order valence-electron chi connectivity index (χ3n) is 4.33. The first kappa shape index (κ1) is 13.1. The Morgan fingerprint density at radius 2 is 2.00 bits per heavy atom. The highest BCUT2D eigenvalue weighted by Crippen LogP contribution is 2.34. The van der Waals surface area contributed by atoms with E-state index in [4.69, 9.17) is 4.42 Å². The van der Waals surface area contributed by atoms with E-state index in [0.717, 1.165) is 27.3 Å². The second-order valence-corrected chi connectivity index (χ2v) is 5.89. The van der Waals surface area contributed by atoms with Crippen LogP contribution in [0.25, 0.3) is 21.7 Å². The van der Waals surface area contributed by atoms with Crippen molar-refractivity contribution in [1.82, 2.24) is 5.32 Å². The predicted molar refractivity (Wildman–Crippen MR) is 83.6 cm³/mol. The van der Waals surface area contributed by atoms with Crippen LogP contribution in [-0.4, -0.2) is 11.8 Å². The number of fused-ring (bicyclic) bond motifs is 2. The van der Waals surface area contributed by atoms with Gasteiger partial charge in [0, 0.05) is 17.4 Å². The first-order valence-corrected chi connectivity index (χ1v) is 7.37. The lowest BCUT2D eigenvalue weighted by Gasteiger charge is -2.19. The summed E-state index contributed by atoms with van der Waals surface area (Å²) in [6.45, 7) is 2.06. The molecule has 3 aromatic rings. The van der Waals surface area contributed by atoms with Crippen molar-refractivity contribution in [2.45, 2.75) is 25.7 Å². The van der Waals surface area contributed by atoms with E-state index in [-0.39, 0.29) is 17.7 Å². The molecular weight excluding hydrogens is 278 g/mol. The van der Waals surface area contributed by atoms with Crippen LogP contribution in [0.4, 0.5) is 0 Å². The van der Waals surface area contributed by atoms with Crippen molar-refractivity contribution in [3.05, 3.63) is 47.7 Å². The number of carbonyl (C=O) groups excluding carboxylic acids is 2. The highest BCUT2D eigenvalue weighted by molar-refractivity contribution is 6.04. The summed E-state index contributed by atoms with van der Waals surface area (Å²) in [4.78, 5) is 23.4. The molecular formula is C18H15NO3. The van der Waals surface area contributed by atoms with Crippen molar-refractivity contribution >= 4 is 33.6 Å². The fraction of sp³-hybridized carbons (Fsp3) is 0.222. The van der Waals surface area contributed by atoms with Crippen molar-refractivity contribution in [1.29, 1.82) is 0 Å². The van der Waals surface area contributed by atoms with Gasteiger partial charge in [0.2, 0.25) is 11.8 Å². The van der Waals surface area contributed by atoms with Gasteiger partial charge in [-0.15, -0.1) is 0 Å². The molecule has 1 aliphatic rings. The Kier molecular flexibility index (Phi) is 2.79. The van der Waals surface area contributed by atoms with E-state index >= 15 is 0 Å². The summed E-state index contributed by atoms with van der Waals surface area (Å²) in [6, 6.07) is 10.3. The number of piperidine rings is 1. The molecule has 1 aliphatic heterocycles. The largest absolute Gasteiger partial charge is 0.464 e. The molecule has 1 aromatic heterocycles. The van der Waals surface area contributed by atoms with Gasteiger partial charge in [-0.1, -0.05) is 23.8 Å². The maximum absolute atomic E-state index is 12.1. The number of carbonyl (C=O) groups is 2. The number of nitrogens with one attached hydrogen (secondary N) is 1. The molecule has 110 valence electrons. The number of imide groups is 1. The van der Waals surface area contributed by atoms with Crippen LogP contribution < -0.4 is 5.32 Å². The van der Waals surface area contributed by atoms with Crippen LogP contribution >= 0.6 is 0 Å². The molecule has 0 radical (unpaired) electrons. The summed E-state index contributed by atoms with van der Waals surface area (Å²) in [5.41, 5.74) is 2.83. The Bertz CT molecular complexity index is 923. The van der Waals surface area contributed by atoms with E-state index in [1.807, 2.05) is 6.07 Å². The smallest absolute Gasteiger partial charge is 0.234 e. The fourth-order valence-corrected chi connectivity index (χ4v) is 3.17. The molecule has 2 heterocycles. The van der Waals surface area contributed by atoms with E-state index in [1.54, 1.807) is 6.26 Å². The standard InChI is InChI=1S/C18H15NO3/c1-10-2-3-11-8-16-14(7-12(11)6-10)15(9-22-16)13-4-5-17(20)19-18(13)21/h2-3,6-9,13H,4-5H2,1H3,(H,19,20,21). The van der Waals surface area contributed by atoms with Gasteiger partial charge in [0.1, 0.15) is 5.58 Å². The summed E-state index contributed by atoms with van der Waals surface area (Å²) in [5.74, 6) is -0.750. The summed E-state index contributed by atoms with van der Waals surface area (Å²) in [7, 11) is 0. The average Bonchev–Trinajstić information content (AvgIpc) is 2.88. The lowest BCUT2D eigenvalue weighted by Crippen LogP contribution is -2.39. The van der Waals surface area contributed by atoms with Crippen molar-refractivity contribution in [3.63, 3.8) is 0 Å². The van der Waals surface area contributed by atoms with Crippen LogP contribution in [0, 0.1) is 6.92 Å². The maximum atomic E-state index is 12.1. The molecule has 22 heavy (non-hydrogen) atoms. The van der Waals surface area contributed by atoms with Crippen LogP contribution in [0.1, 0.15) is 29.9 Å². The third kappa shape index (κ3) is 1.99. The van der Waals surface area contributed by atoms with Crippen LogP contribution in [0.2, 0.25) is 0 Å². The minimum atomic E-state index is -0.318. The van der Waals surface area contributed by atoms with E-state index in [1.165, 1.54) is 5.56 Å². The molecule has 1 atom stereocenters. The molecule has 0 saturated carbocycles. The monoisotopic (exact) mass is 293 g/mol. The van der Waals surface area contributed by atoms with Gasteiger partial charge < -0.3 is 4.42 Å². The third-order valence-corrected chi connectivity index (χ3v) is 4.33. The van der Waals surface area contributed by atoms with E-state index in [2.05, 4.69) is 36.5 Å². The van der Waals surface area contributed by atoms with Crippen LogP contribution in [0.5, 0.6) is 0 Å². The van der Waals surface area contributed by atoms with Gasteiger partial charge in [-0.05, 0) is 36.2 Å². The zero-order valence-corrected chi connectivity index (χ0v) is 12.2. The molecule has 0 aliphatic carbocycles. The topological polar surface area (TPSA) is 59.3 Å². The average molecular weight is 293 g/mol. The summed E-state index contributed by atoms with van der Waals surface area (Å²) in [6.07, 6.45) is 2.55. The zero-order chi connectivity index (χ0) is 15.3. The molecule has 1 saturated heterocycles. The van der Waals surface area contributed by atoms with Crippen molar-refractivity contribution in [2.24, 2.45) is 0 Å². The highest BCUT2D eigenvalue weighted by atomic mass is 16.3. The van der Waals surface area contributed by atoms with Crippen LogP contribution in [0.3, 0.4) is 0 Å². The molecule has 4 rings (SSSR count). The van der Waals surface area contributed by atoms with Gasteiger partial charge >= 0.3 is 0 Å². The fourth-order valence-electron chi connectivity index (χ4n) is 3.17. The van der Waals surface area contributed by atoms with Gasteiger partial charge in [-0.25, -0.2) is 0 Å². The Balaban J connectivity index is 1.88. The first-order chi connectivity index (χ1) is 10.6. The molecule has 2 aromatic carbocycles. The molecule has 0 bridgehead atoms. The van der Waals surface area contributed by atoms with Gasteiger partial charge in [0.05, 0.1) is 12.2 Å². The van der Waals surface area contributed by atoms with Crippen molar-refractivity contribution in [3.8, 4) is 0 Å². The minimum Gasteiger partial charge on any atom is -0.464 e. The lowest BCUT2D eigenvalue weighted by molar-refractivity contribution is -0.134. The number of aryl methyl sites for hydroxylation is 1. The first-order valence-electron chi connectivity index (χ1n) is 7.37. The number of hydrogen-bond acceptors (Lipinski definition) is 3. The number of rotatable bonds is 1. The predicted octanol–water partition coefficient (Wildman–Crippen LogP) is 3.41. The maximum Gasteiger partial charge on any atom is 0.234 e. The van der Waals surface area contributed by atoms with Crippen molar-refractivity contribution < 1.29 is 14.0 Å². The minimum absolute atomic E-state index is 0.199. The summed E-state index contributed by atoms with van der Waals surface area (Å²) < 4.78 is 5.65. The number of hydrogen-bond donors (Lipinski definition) is 1. The normalized spacial score (nSPS) is 18.9. The molecule has 4 nitrogen and oxygen atoms in total. The molecule has 0 spiro atoms. The Hall–Kier alpha value is -2.62. The Morgan fingerprint density at radius 1 is 1.14 bits per heavy atom. The molecule has 1 N–H and O–H groups in total. The second-order valence-electron chi connectivity index (χ2n) is 5.89. The quantitative estimate of drug-likeness (QED) is 0.699. The second kappa shape index (κ2) is 4.70. The number of benzene rings is 2. The van der Waals surface area contributed by atoms with Gasteiger partial charge in [0.25, 0.3) is 0 Å². The van der Waals surface area contributed by atoms with E-state index in [9.17, 15) is 9.59 Å². The molecule has 1 unspecified atom stereocenters. The van der Waals surface area contributed by atoms with Crippen LogP contribution in [-0.2, 0) is 9.59 Å².